The number of urea groups is 1. The minimum absolute atomic E-state index is 0.0328. The summed E-state index contributed by atoms with van der Waals surface area (Å²) >= 11 is 0. The Balaban J connectivity index is 2.43. The number of hydrogen-bond donors (Lipinski definition) is 2. The molecule has 108 valence electrons. The van der Waals surface area contributed by atoms with Crippen LogP contribution in [0.3, 0.4) is 0 Å². The van der Waals surface area contributed by atoms with Gasteiger partial charge in [-0.3, -0.25) is 10.7 Å². The molecule has 4 nitrogen and oxygen atoms in total. The lowest BCUT2D eigenvalue weighted by molar-refractivity contribution is 0.198. The molecule has 0 spiro atoms. The zero-order valence-corrected chi connectivity index (χ0v) is 11.0. The Hall–Kier alpha value is -2.05. The van der Waals surface area contributed by atoms with E-state index in [2.05, 4.69) is 5.32 Å². The van der Waals surface area contributed by atoms with Gasteiger partial charge in [0.1, 0.15) is 11.9 Å². The SMILES string of the molecule is CC(C)CN1C(=O)NC(=N)C1c1cc(F)c(F)c(F)c1. The Kier molecular flexibility index (Phi) is 3.69. The summed E-state index contributed by atoms with van der Waals surface area (Å²) in [4.78, 5) is 13.1. The van der Waals surface area contributed by atoms with Crippen molar-refractivity contribution in [3.8, 4) is 0 Å². The standard InChI is InChI=1S/C13H14F3N3O/c1-6(2)5-19-11(12(17)18-13(19)20)7-3-8(14)10(16)9(15)4-7/h3-4,6,11H,5H2,1-2H3,(H2,17,18,20). The lowest BCUT2D eigenvalue weighted by Crippen LogP contribution is -2.33. The molecule has 1 atom stereocenters. The fourth-order valence-corrected chi connectivity index (χ4v) is 2.19. The topological polar surface area (TPSA) is 56.2 Å². The maximum absolute atomic E-state index is 13.3. The summed E-state index contributed by atoms with van der Waals surface area (Å²) in [5.41, 5.74) is 0.0328. The Morgan fingerprint density at radius 1 is 1.30 bits per heavy atom. The molecule has 0 saturated carbocycles. The lowest BCUT2D eigenvalue weighted by atomic mass is 10.0. The molecule has 1 heterocycles. The quantitative estimate of drug-likeness (QED) is 0.824. The molecule has 2 amide bonds. The van der Waals surface area contributed by atoms with Crippen LogP contribution in [-0.2, 0) is 0 Å². The molecule has 1 fully saturated rings. The van der Waals surface area contributed by atoms with Crippen molar-refractivity contribution in [2.75, 3.05) is 6.54 Å². The summed E-state index contributed by atoms with van der Waals surface area (Å²) in [6, 6.07) is 0.199. The van der Waals surface area contributed by atoms with E-state index in [0.29, 0.717) is 6.54 Å². The van der Waals surface area contributed by atoms with Crippen LogP contribution in [-0.4, -0.2) is 23.3 Å². The van der Waals surface area contributed by atoms with Gasteiger partial charge >= 0.3 is 6.03 Å². The van der Waals surface area contributed by atoms with E-state index in [9.17, 15) is 18.0 Å². The van der Waals surface area contributed by atoms with E-state index in [1.54, 1.807) is 0 Å². The van der Waals surface area contributed by atoms with Gasteiger partial charge in [-0.15, -0.1) is 0 Å². The molecular weight excluding hydrogens is 271 g/mol. The first kappa shape index (κ1) is 14.4. The second kappa shape index (κ2) is 5.15. The number of benzene rings is 1. The van der Waals surface area contributed by atoms with E-state index in [-0.39, 0.29) is 17.3 Å². The van der Waals surface area contributed by atoms with Crippen LogP contribution in [0.25, 0.3) is 0 Å². The molecule has 1 aliphatic heterocycles. The lowest BCUT2D eigenvalue weighted by Gasteiger charge is -2.24. The van der Waals surface area contributed by atoms with Gasteiger partial charge in [-0.1, -0.05) is 13.8 Å². The van der Waals surface area contributed by atoms with Crippen LogP contribution in [0.4, 0.5) is 18.0 Å². The fourth-order valence-electron chi connectivity index (χ4n) is 2.19. The van der Waals surface area contributed by atoms with Crippen molar-refractivity contribution in [1.82, 2.24) is 10.2 Å². The van der Waals surface area contributed by atoms with Gasteiger partial charge in [0.25, 0.3) is 0 Å². The highest BCUT2D eigenvalue weighted by Gasteiger charge is 2.37. The number of amidine groups is 1. The minimum atomic E-state index is -1.56. The third-order valence-electron chi connectivity index (χ3n) is 2.97. The Morgan fingerprint density at radius 2 is 1.85 bits per heavy atom. The molecule has 0 aromatic heterocycles. The normalized spacial score (nSPS) is 18.9. The zero-order chi connectivity index (χ0) is 15.0. The first-order valence-corrected chi connectivity index (χ1v) is 6.11. The predicted octanol–water partition coefficient (Wildman–Crippen LogP) is 2.80. The van der Waals surface area contributed by atoms with Gasteiger partial charge in [-0.2, -0.15) is 0 Å². The van der Waals surface area contributed by atoms with Crippen LogP contribution in [0.5, 0.6) is 0 Å². The number of halogens is 3. The average Bonchev–Trinajstić information content (AvgIpc) is 2.60. The van der Waals surface area contributed by atoms with Gasteiger partial charge in [0.2, 0.25) is 0 Å². The summed E-state index contributed by atoms with van der Waals surface area (Å²) < 4.78 is 39.6. The van der Waals surface area contributed by atoms with Crippen molar-refractivity contribution < 1.29 is 18.0 Å². The number of nitrogens with zero attached hydrogens (tertiary/aromatic N) is 1. The third kappa shape index (κ3) is 2.48. The van der Waals surface area contributed by atoms with Crippen molar-refractivity contribution >= 4 is 11.9 Å². The van der Waals surface area contributed by atoms with Crippen molar-refractivity contribution in [3.63, 3.8) is 0 Å². The smallest absolute Gasteiger partial charge is 0.310 e. The molecule has 2 rings (SSSR count). The van der Waals surface area contributed by atoms with Crippen LogP contribution in [0.15, 0.2) is 12.1 Å². The second-order valence-corrected chi connectivity index (χ2v) is 5.09. The molecule has 2 N–H and O–H groups in total. The number of amides is 2. The number of nitrogens with one attached hydrogen (secondary N) is 2. The first-order chi connectivity index (χ1) is 9.31. The van der Waals surface area contributed by atoms with E-state index in [1.807, 2.05) is 13.8 Å². The zero-order valence-electron chi connectivity index (χ0n) is 11.0. The van der Waals surface area contributed by atoms with Crippen LogP contribution < -0.4 is 5.32 Å². The molecule has 1 saturated heterocycles. The van der Waals surface area contributed by atoms with Gasteiger partial charge in [-0.05, 0) is 23.6 Å². The Labute approximate surface area is 114 Å². The third-order valence-corrected chi connectivity index (χ3v) is 2.97. The van der Waals surface area contributed by atoms with E-state index in [4.69, 9.17) is 5.41 Å². The maximum atomic E-state index is 13.3. The average molecular weight is 285 g/mol. The van der Waals surface area contributed by atoms with Gasteiger partial charge in [0.15, 0.2) is 17.5 Å². The largest absolute Gasteiger partial charge is 0.323 e. The summed E-state index contributed by atoms with van der Waals surface area (Å²) in [5.74, 6) is -4.30. The number of rotatable bonds is 3. The summed E-state index contributed by atoms with van der Waals surface area (Å²) in [7, 11) is 0. The number of carbonyl (C=O) groups is 1. The monoisotopic (exact) mass is 285 g/mol. The predicted molar refractivity (Wildman–Crippen MR) is 66.9 cm³/mol. The molecule has 1 unspecified atom stereocenters. The van der Waals surface area contributed by atoms with E-state index in [0.717, 1.165) is 12.1 Å². The van der Waals surface area contributed by atoms with Gasteiger partial charge < -0.3 is 4.90 Å². The van der Waals surface area contributed by atoms with Gasteiger partial charge in [-0.25, -0.2) is 18.0 Å². The fraction of sp³-hybridized carbons (Fsp3) is 0.385. The van der Waals surface area contributed by atoms with Crippen LogP contribution in [0, 0.1) is 28.8 Å². The molecular formula is C13H14F3N3O. The van der Waals surface area contributed by atoms with Gasteiger partial charge in [0, 0.05) is 6.54 Å². The van der Waals surface area contributed by atoms with Crippen LogP contribution >= 0.6 is 0 Å². The Bertz CT molecular complexity index is 551. The van der Waals surface area contributed by atoms with Crippen molar-refractivity contribution in [1.29, 1.82) is 5.41 Å². The maximum Gasteiger partial charge on any atom is 0.323 e. The van der Waals surface area contributed by atoms with E-state index >= 15 is 0 Å². The molecule has 1 aromatic carbocycles. The van der Waals surface area contributed by atoms with Crippen LogP contribution in [0.2, 0.25) is 0 Å². The molecule has 7 heteroatoms. The molecule has 1 aromatic rings. The minimum Gasteiger partial charge on any atom is -0.310 e. The number of hydrogen-bond acceptors (Lipinski definition) is 2. The van der Waals surface area contributed by atoms with E-state index < -0.39 is 29.5 Å². The first-order valence-electron chi connectivity index (χ1n) is 6.11. The molecule has 0 radical (unpaired) electrons. The second-order valence-electron chi connectivity index (χ2n) is 5.09. The highest BCUT2D eigenvalue weighted by molar-refractivity contribution is 6.06. The summed E-state index contributed by atoms with van der Waals surface area (Å²) in [6.07, 6.45) is 0. The van der Waals surface area contributed by atoms with Crippen molar-refractivity contribution in [3.05, 3.63) is 35.1 Å². The molecule has 0 bridgehead atoms. The highest BCUT2D eigenvalue weighted by atomic mass is 19.2. The molecule has 20 heavy (non-hydrogen) atoms. The van der Waals surface area contributed by atoms with Crippen molar-refractivity contribution in [2.24, 2.45) is 5.92 Å². The highest BCUT2D eigenvalue weighted by Crippen LogP contribution is 2.28. The van der Waals surface area contributed by atoms with Gasteiger partial charge in [0.05, 0.1) is 0 Å². The number of carbonyl (C=O) groups excluding carboxylic acids is 1. The summed E-state index contributed by atoms with van der Waals surface area (Å²) in [5, 5.41) is 10.0. The van der Waals surface area contributed by atoms with Crippen LogP contribution in [0.1, 0.15) is 25.5 Å². The van der Waals surface area contributed by atoms with E-state index in [1.165, 1.54) is 4.90 Å². The summed E-state index contributed by atoms with van der Waals surface area (Å²) in [6.45, 7) is 4.07. The van der Waals surface area contributed by atoms with Crippen molar-refractivity contribution in [2.45, 2.75) is 19.9 Å². The molecule has 1 aliphatic rings. The molecule has 0 aliphatic carbocycles. The Morgan fingerprint density at radius 3 is 2.35 bits per heavy atom.